The van der Waals surface area contributed by atoms with E-state index in [4.69, 9.17) is 0 Å². The predicted octanol–water partition coefficient (Wildman–Crippen LogP) is 9.76. The third kappa shape index (κ3) is 15.8. The number of nitrogens with zero attached hydrogens (tertiary/aromatic N) is 2. The second-order valence-electron chi connectivity index (χ2n) is 11.9. The van der Waals surface area contributed by atoms with Gasteiger partial charge in [0.25, 0.3) is 0 Å². The maximum absolute atomic E-state index is 2.98. The Balaban J connectivity index is 1.93. The highest BCUT2D eigenvalue weighted by Gasteiger charge is 2.21. The average molecular weight is 477 g/mol. The van der Waals surface area contributed by atoms with E-state index in [1.54, 1.807) is 0 Å². The van der Waals surface area contributed by atoms with Gasteiger partial charge in [-0.3, -0.25) is 4.90 Å². The lowest BCUT2D eigenvalue weighted by Gasteiger charge is -2.36. The van der Waals surface area contributed by atoms with E-state index in [1.165, 1.54) is 193 Å². The third-order valence-electron chi connectivity index (χ3n) is 8.72. The van der Waals surface area contributed by atoms with Gasteiger partial charge in [-0.25, -0.2) is 0 Å². The van der Waals surface area contributed by atoms with Crippen molar-refractivity contribution in [2.24, 2.45) is 0 Å². The van der Waals surface area contributed by atoms with Gasteiger partial charge in [0.15, 0.2) is 0 Å². The van der Waals surface area contributed by atoms with Crippen LogP contribution in [0.1, 0.15) is 167 Å². The Morgan fingerprint density at radius 2 is 0.765 bits per heavy atom. The molecular formula is C32H64N2. The summed E-state index contributed by atoms with van der Waals surface area (Å²) in [6.07, 6.45) is 36.5. The summed E-state index contributed by atoms with van der Waals surface area (Å²) in [6, 6.07) is 0.798. The molecule has 0 aromatic carbocycles. The quantitative estimate of drug-likeness (QED) is 0.376. The van der Waals surface area contributed by atoms with Crippen molar-refractivity contribution in [3.63, 3.8) is 0 Å². The van der Waals surface area contributed by atoms with E-state index in [1.807, 2.05) is 0 Å². The number of hydrogen-bond donors (Lipinski definition) is 0. The first kappa shape index (κ1) is 30.1. The monoisotopic (exact) mass is 477 g/mol. The summed E-state index contributed by atoms with van der Waals surface area (Å²) in [7, 11) is 0. The van der Waals surface area contributed by atoms with E-state index in [9.17, 15) is 0 Å². The van der Waals surface area contributed by atoms with Crippen molar-refractivity contribution in [3.8, 4) is 0 Å². The van der Waals surface area contributed by atoms with Crippen molar-refractivity contribution in [2.45, 2.75) is 173 Å². The molecule has 0 saturated carbocycles. The van der Waals surface area contributed by atoms with E-state index in [0.29, 0.717) is 0 Å². The molecule has 2 heterocycles. The molecule has 1 unspecified atom stereocenters. The second-order valence-corrected chi connectivity index (χ2v) is 11.9. The molecular weight excluding hydrogens is 412 g/mol. The Bertz CT molecular complexity index is 395. The molecule has 0 aliphatic carbocycles. The molecule has 2 aliphatic rings. The van der Waals surface area contributed by atoms with Crippen LogP contribution in [0, 0.1) is 0 Å². The van der Waals surface area contributed by atoms with E-state index >= 15 is 0 Å². The maximum atomic E-state index is 2.98. The highest BCUT2D eigenvalue weighted by Crippen LogP contribution is 2.19. The Labute approximate surface area is 216 Å². The molecule has 2 heteroatoms. The van der Waals surface area contributed by atoms with Crippen LogP contribution < -0.4 is 0 Å². The Morgan fingerprint density at radius 3 is 1.12 bits per heavy atom. The summed E-state index contributed by atoms with van der Waals surface area (Å²) in [5, 5.41) is 0. The SMILES string of the molecule is CCCCC(CN1CCCCCCCCCCCCC1)N1CCCCCCCCCCCCC1. The van der Waals surface area contributed by atoms with Gasteiger partial charge in [0.05, 0.1) is 0 Å². The van der Waals surface area contributed by atoms with Gasteiger partial charge in [0.1, 0.15) is 0 Å². The van der Waals surface area contributed by atoms with Gasteiger partial charge in [0.2, 0.25) is 0 Å². The lowest BCUT2D eigenvalue weighted by molar-refractivity contribution is 0.121. The largest absolute Gasteiger partial charge is 0.302 e. The van der Waals surface area contributed by atoms with Gasteiger partial charge < -0.3 is 4.90 Å². The molecule has 1 atom stereocenters. The number of unbranched alkanes of at least 4 members (excludes halogenated alkanes) is 1. The molecule has 202 valence electrons. The summed E-state index contributed by atoms with van der Waals surface area (Å²) in [5.41, 5.74) is 0. The van der Waals surface area contributed by atoms with Crippen LogP contribution in [0.3, 0.4) is 0 Å². The fourth-order valence-corrected chi connectivity index (χ4v) is 6.38. The van der Waals surface area contributed by atoms with E-state index < -0.39 is 0 Å². The number of rotatable bonds is 6. The zero-order valence-corrected chi connectivity index (χ0v) is 23.7. The topological polar surface area (TPSA) is 6.48 Å². The molecule has 2 rings (SSSR count). The molecule has 2 fully saturated rings. The van der Waals surface area contributed by atoms with Crippen LogP contribution in [0.25, 0.3) is 0 Å². The van der Waals surface area contributed by atoms with Crippen LogP contribution in [0.15, 0.2) is 0 Å². The van der Waals surface area contributed by atoms with Crippen molar-refractivity contribution in [1.29, 1.82) is 0 Å². The first-order chi connectivity index (χ1) is 16.9. The molecule has 34 heavy (non-hydrogen) atoms. The summed E-state index contributed by atoms with van der Waals surface area (Å²) < 4.78 is 0. The fourth-order valence-electron chi connectivity index (χ4n) is 6.38. The fraction of sp³-hybridized carbons (Fsp3) is 1.00. The highest BCUT2D eigenvalue weighted by atomic mass is 15.2. The minimum absolute atomic E-state index is 0.798. The van der Waals surface area contributed by atoms with Crippen LogP contribution in [0.4, 0.5) is 0 Å². The molecule has 0 spiro atoms. The lowest BCUT2D eigenvalue weighted by atomic mass is 10.0. The smallest absolute Gasteiger partial charge is 0.0223 e. The van der Waals surface area contributed by atoms with Crippen molar-refractivity contribution in [1.82, 2.24) is 9.80 Å². The van der Waals surface area contributed by atoms with Crippen LogP contribution in [-0.4, -0.2) is 48.6 Å². The minimum atomic E-state index is 0.798. The van der Waals surface area contributed by atoms with Gasteiger partial charge in [-0.1, -0.05) is 135 Å². The van der Waals surface area contributed by atoms with Gasteiger partial charge in [-0.05, 0) is 58.3 Å². The molecule has 0 radical (unpaired) electrons. The van der Waals surface area contributed by atoms with E-state index in [2.05, 4.69) is 16.7 Å². The van der Waals surface area contributed by atoms with Gasteiger partial charge in [-0.15, -0.1) is 0 Å². The number of hydrogen-bond acceptors (Lipinski definition) is 2. The molecule has 0 aromatic heterocycles. The van der Waals surface area contributed by atoms with Crippen LogP contribution >= 0.6 is 0 Å². The molecule has 0 aromatic rings. The normalized spacial score (nSPS) is 24.6. The van der Waals surface area contributed by atoms with Crippen molar-refractivity contribution < 1.29 is 0 Å². The van der Waals surface area contributed by atoms with Crippen molar-refractivity contribution in [2.75, 3.05) is 32.7 Å². The Kier molecular flexibility index (Phi) is 19.6. The second kappa shape index (κ2) is 22.1. The summed E-state index contributed by atoms with van der Waals surface area (Å²) in [5.74, 6) is 0. The summed E-state index contributed by atoms with van der Waals surface area (Å²) in [6.45, 7) is 9.18. The zero-order chi connectivity index (χ0) is 23.9. The van der Waals surface area contributed by atoms with Gasteiger partial charge in [-0.2, -0.15) is 0 Å². The molecule has 2 saturated heterocycles. The first-order valence-corrected chi connectivity index (χ1v) is 16.4. The van der Waals surface area contributed by atoms with E-state index in [0.717, 1.165) is 6.04 Å². The standard InChI is InChI=1S/C32H64N2/c1-2-3-26-32(34-29-24-20-16-12-8-5-9-13-17-21-25-30-34)31-33-27-22-18-14-10-6-4-7-11-15-19-23-28-33/h32H,2-31H2,1H3. The Hall–Kier alpha value is -0.0800. The molecule has 0 amide bonds. The summed E-state index contributed by atoms with van der Waals surface area (Å²) in [4.78, 5) is 5.89. The molecule has 0 bridgehead atoms. The van der Waals surface area contributed by atoms with Crippen LogP contribution in [0.5, 0.6) is 0 Å². The zero-order valence-electron chi connectivity index (χ0n) is 23.7. The molecule has 2 nitrogen and oxygen atoms in total. The Morgan fingerprint density at radius 1 is 0.441 bits per heavy atom. The predicted molar refractivity (Wildman–Crippen MR) is 153 cm³/mol. The van der Waals surface area contributed by atoms with Crippen LogP contribution in [-0.2, 0) is 0 Å². The van der Waals surface area contributed by atoms with Gasteiger partial charge in [0, 0.05) is 12.6 Å². The third-order valence-corrected chi connectivity index (χ3v) is 8.72. The summed E-state index contributed by atoms with van der Waals surface area (Å²) >= 11 is 0. The molecule has 2 aliphatic heterocycles. The highest BCUT2D eigenvalue weighted by molar-refractivity contribution is 4.77. The maximum Gasteiger partial charge on any atom is 0.0223 e. The average Bonchev–Trinajstić information content (AvgIpc) is 2.85. The first-order valence-electron chi connectivity index (χ1n) is 16.4. The van der Waals surface area contributed by atoms with Crippen molar-refractivity contribution in [3.05, 3.63) is 0 Å². The van der Waals surface area contributed by atoms with Gasteiger partial charge >= 0.3 is 0 Å². The minimum Gasteiger partial charge on any atom is -0.302 e. The molecule has 0 N–H and O–H groups in total. The lowest BCUT2D eigenvalue weighted by Crippen LogP contribution is -2.45. The van der Waals surface area contributed by atoms with E-state index in [-0.39, 0.29) is 0 Å². The van der Waals surface area contributed by atoms with Crippen LogP contribution in [0.2, 0.25) is 0 Å². The van der Waals surface area contributed by atoms with Crippen molar-refractivity contribution >= 4 is 0 Å².